The standard InChI is InChI=1S/C15H21NO2/c1-2-6-13-10-16(11-14(13)15(17)18)9-12-7-4-3-5-8-12/h3-5,7-8,13-14H,2,6,9-11H2,1H3,(H,17,18)/t13-,14-/m0/s1. The maximum atomic E-state index is 11.3. The van der Waals surface area contributed by atoms with Crippen molar-refractivity contribution in [2.24, 2.45) is 11.8 Å². The van der Waals surface area contributed by atoms with E-state index in [1.54, 1.807) is 0 Å². The van der Waals surface area contributed by atoms with Gasteiger partial charge in [-0.3, -0.25) is 9.69 Å². The van der Waals surface area contributed by atoms with Gasteiger partial charge in [-0.25, -0.2) is 0 Å². The molecule has 0 aliphatic carbocycles. The molecule has 2 rings (SSSR count). The molecule has 18 heavy (non-hydrogen) atoms. The van der Waals surface area contributed by atoms with Crippen molar-refractivity contribution in [3.8, 4) is 0 Å². The van der Waals surface area contributed by atoms with Crippen LogP contribution in [-0.2, 0) is 11.3 Å². The van der Waals surface area contributed by atoms with E-state index in [2.05, 4.69) is 24.0 Å². The van der Waals surface area contributed by atoms with E-state index in [1.807, 2.05) is 18.2 Å². The molecule has 1 aromatic carbocycles. The summed E-state index contributed by atoms with van der Waals surface area (Å²) in [6, 6.07) is 10.3. The second kappa shape index (κ2) is 6.01. The highest BCUT2D eigenvalue weighted by Gasteiger charge is 2.36. The number of carboxylic acid groups (broad SMARTS) is 1. The third-order valence-corrected chi connectivity index (χ3v) is 3.74. The van der Waals surface area contributed by atoms with Crippen LogP contribution in [0, 0.1) is 11.8 Å². The number of aliphatic carboxylic acids is 1. The Labute approximate surface area is 108 Å². The number of hydrogen-bond acceptors (Lipinski definition) is 2. The number of likely N-dealkylation sites (tertiary alicyclic amines) is 1. The van der Waals surface area contributed by atoms with E-state index in [4.69, 9.17) is 0 Å². The van der Waals surface area contributed by atoms with Gasteiger partial charge in [-0.05, 0) is 17.9 Å². The lowest BCUT2D eigenvalue weighted by Crippen LogP contribution is -2.23. The third kappa shape index (κ3) is 3.10. The van der Waals surface area contributed by atoms with Gasteiger partial charge in [0.25, 0.3) is 0 Å². The van der Waals surface area contributed by atoms with Crippen LogP contribution in [0.1, 0.15) is 25.3 Å². The molecule has 1 saturated heterocycles. The van der Waals surface area contributed by atoms with Gasteiger partial charge in [-0.15, -0.1) is 0 Å². The molecule has 1 aromatic rings. The summed E-state index contributed by atoms with van der Waals surface area (Å²) in [4.78, 5) is 13.5. The van der Waals surface area contributed by atoms with E-state index >= 15 is 0 Å². The Balaban J connectivity index is 1.98. The molecular weight excluding hydrogens is 226 g/mol. The van der Waals surface area contributed by atoms with Crippen LogP contribution in [0.15, 0.2) is 30.3 Å². The first kappa shape index (κ1) is 13.1. The average Bonchev–Trinajstić information content (AvgIpc) is 2.74. The van der Waals surface area contributed by atoms with E-state index in [1.165, 1.54) is 5.56 Å². The zero-order valence-corrected chi connectivity index (χ0v) is 10.9. The number of nitrogens with zero attached hydrogens (tertiary/aromatic N) is 1. The van der Waals surface area contributed by atoms with Gasteiger partial charge in [0.2, 0.25) is 0 Å². The molecule has 1 heterocycles. The molecule has 0 bridgehead atoms. The Morgan fingerprint density at radius 2 is 2.06 bits per heavy atom. The Bertz CT molecular complexity index is 391. The van der Waals surface area contributed by atoms with Crippen molar-refractivity contribution >= 4 is 5.97 Å². The Hall–Kier alpha value is -1.35. The number of rotatable bonds is 5. The summed E-state index contributed by atoms with van der Waals surface area (Å²) in [5.74, 6) is -0.506. The van der Waals surface area contributed by atoms with Gasteiger partial charge in [0, 0.05) is 19.6 Å². The quantitative estimate of drug-likeness (QED) is 0.869. The first-order chi connectivity index (χ1) is 8.70. The fraction of sp³-hybridized carbons (Fsp3) is 0.533. The lowest BCUT2D eigenvalue weighted by atomic mass is 9.92. The second-order valence-electron chi connectivity index (χ2n) is 5.17. The van der Waals surface area contributed by atoms with Gasteiger partial charge in [0.05, 0.1) is 5.92 Å². The lowest BCUT2D eigenvalue weighted by molar-refractivity contribution is -0.142. The maximum Gasteiger partial charge on any atom is 0.308 e. The first-order valence-electron chi connectivity index (χ1n) is 6.69. The van der Waals surface area contributed by atoms with Gasteiger partial charge in [0.1, 0.15) is 0 Å². The van der Waals surface area contributed by atoms with Crippen LogP contribution in [-0.4, -0.2) is 29.1 Å². The minimum atomic E-state index is -0.635. The van der Waals surface area contributed by atoms with Crippen LogP contribution >= 0.6 is 0 Å². The van der Waals surface area contributed by atoms with Crippen LogP contribution in [0.25, 0.3) is 0 Å². The highest BCUT2D eigenvalue weighted by molar-refractivity contribution is 5.71. The molecule has 3 nitrogen and oxygen atoms in total. The van der Waals surface area contributed by atoms with Gasteiger partial charge >= 0.3 is 5.97 Å². The summed E-state index contributed by atoms with van der Waals surface area (Å²) in [7, 11) is 0. The van der Waals surface area contributed by atoms with E-state index < -0.39 is 5.97 Å². The molecule has 0 spiro atoms. The molecule has 98 valence electrons. The van der Waals surface area contributed by atoms with E-state index in [0.717, 1.165) is 25.9 Å². The minimum Gasteiger partial charge on any atom is -0.481 e. The maximum absolute atomic E-state index is 11.3. The molecule has 1 aliphatic rings. The summed E-state index contributed by atoms with van der Waals surface area (Å²) >= 11 is 0. The molecule has 0 saturated carbocycles. The first-order valence-corrected chi connectivity index (χ1v) is 6.69. The summed E-state index contributed by atoms with van der Waals surface area (Å²) in [6.07, 6.45) is 2.08. The van der Waals surface area contributed by atoms with Crippen molar-refractivity contribution in [2.75, 3.05) is 13.1 Å². The Morgan fingerprint density at radius 3 is 2.67 bits per heavy atom. The molecule has 0 unspecified atom stereocenters. The fourth-order valence-corrected chi connectivity index (χ4v) is 2.87. The third-order valence-electron chi connectivity index (χ3n) is 3.74. The molecule has 1 fully saturated rings. The van der Waals surface area contributed by atoms with E-state index in [0.29, 0.717) is 12.5 Å². The SMILES string of the molecule is CCC[C@H]1CN(Cc2ccccc2)C[C@@H]1C(=O)O. The van der Waals surface area contributed by atoms with Crippen LogP contribution < -0.4 is 0 Å². The van der Waals surface area contributed by atoms with Crippen molar-refractivity contribution in [2.45, 2.75) is 26.3 Å². The summed E-state index contributed by atoms with van der Waals surface area (Å²) in [6.45, 7) is 4.60. The van der Waals surface area contributed by atoms with Gasteiger partial charge in [0.15, 0.2) is 0 Å². The number of benzene rings is 1. The molecule has 0 amide bonds. The van der Waals surface area contributed by atoms with Crippen molar-refractivity contribution in [1.82, 2.24) is 4.90 Å². The largest absolute Gasteiger partial charge is 0.481 e. The molecule has 2 atom stereocenters. The molecule has 1 N–H and O–H groups in total. The number of carbonyl (C=O) groups is 1. The predicted octanol–water partition coefficient (Wildman–Crippen LogP) is 2.62. The van der Waals surface area contributed by atoms with Crippen LogP contribution in [0.2, 0.25) is 0 Å². The van der Waals surface area contributed by atoms with Crippen molar-refractivity contribution in [1.29, 1.82) is 0 Å². The monoisotopic (exact) mass is 247 g/mol. The second-order valence-corrected chi connectivity index (χ2v) is 5.17. The summed E-state index contributed by atoms with van der Waals surface area (Å²) in [5, 5.41) is 9.27. The van der Waals surface area contributed by atoms with Crippen molar-refractivity contribution in [3.05, 3.63) is 35.9 Å². The number of hydrogen-bond donors (Lipinski definition) is 1. The highest BCUT2D eigenvalue weighted by atomic mass is 16.4. The number of carboxylic acids is 1. The van der Waals surface area contributed by atoms with Gasteiger partial charge in [-0.1, -0.05) is 43.7 Å². The Kier molecular flexibility index (Phi) is 4.37. The summed E-state index contributed by atoms with van der Waals surface area (Å²) in [5.41, 5.74) is 1.26. The van der Waals surface area contributed by atoms with Crippen molar-refractivity contribution < 1.29 is 9.90 Å². The minimum absolute atomic E-state index is 0.186. The molecule has 0 radical (unpaired) electrons. The van der Waals surface area contributed by atoms with Crippen molar-refractivity contribution in [3.63, 3.8) is 0 Å². The van der Waals surface area contributed by atoms with Crippen LogP contribution in [0.5, 0.6) is 0 Å². The molecule has 3 heteroatoms. The zero-order chi connectivity index (χ0) is 13.0. The highest BCUT2D eigenvalue weighted by Crippen LogP contribution is 2.28. The van der Waals surface area contributed by atoms with Gasteiger partial charge in [-0.2, -0.15) is 0 Å². The topological polar surface area (TPSA) is 40.5 Å². The fourth-order valence-electron chi connectivity index (χ4n) is 2.87. The lowest BCUT2D eigenvalue weighted by Gasteiger charge is -2.15. The molecular formula is C15H21NO2. The summed E-state index contributed by atoms with van der Waals surface area (Å²) < 4.78 is 0. The molecule has 0 aromatic heterocycles. The van der Waals surface area contributed by atoms with E-state index in [9.17, 15) is 9.90 Å². The normalized spacial score (nSPS) is 24.3. The predicted molar refractivity (Wildman–Crippen MR) is 71.2 cm³/mol. The van der Waals surface area contributed by atoms with Crippen LogP contribution in [0.4, 0.5) is 0 Å². The van der Waals surface area contributed by atoms with Gasteiger partial charge < -0.3 is 5.11 Å². The average molecular weight is 247 g/mol. The smallest absolute Gasteiger partial charge is 0.308 e. The zero-order valence-electron chi connectivity index (χ0n) is 10.9. The van der Waals surface area contributed by atoms with E-state index in [-0.39, 0.29) is 5.92 Å². The Morgan fingerprint density at radius 1 is 1.33 bits per heavy atom. The molecule has 1 aliphatic heterocycles. The van der Waals surface area contributed by atoms with Crippen LogP contribution in [0.3, 0.4) is 0 Å².